The lowest BCUT2D eigenvalue weighted by atomic mass is 9.74. The first kappa shape index (κ1) is 22.3. The van der Waals surface area contributed by atoms with Crippen LogP contribution in [0.2, 0.25) is 0 Å². The minimum atomic E-state index is -0.688. The van der Waals surface area contributed by atoms with Crippen LogP contribution in [-0.2, 0) is 9.59 Å². The summed E-state index contributed by atoms with van der Waals surface area (Å²) in [7, 11) is 1.56. The van der Waals surface area contributed by atoms with Gasteiger partial charge in [-0.25, -0.2) is 0 Å². The average molecular weight is 447 g/mol. The van der Waals surface area contributed by atoms with Crippen LogP contribution in [0.3, 0.4) is 0 Å². The molecule has 2 aliphatic rings. The number of allylic oxidation sites excluding steroid dienone is 3. The molecule has 170 valence electrons. The van der Waals surface area contributed by atoms with Crippen molar-refractivity contribution in [1.29, 1.82) is 0 Å². The lowest BCUT2D eigenvalue weighted by molar-refractivity contribution is -0.385. The molecular formula is C25H25N3O5. The molecule has 2 N–H and O–H groups in total. The van der Waals surface area contributed by atoms with E-state index in [-0.39, 0.29) is 17.4 Å². The number of nitrogens with one attached hydrogen (secondary N) is 2. The summed E-state index contributed by atoms with van der Waals surface area (Å²) < 4.78 is 5.16. The number of amides is 1. The number of nitro benzene ring substituents is 1. The van der Waals surface area contributed by atoms with Crippen molar-refractivity contribution in [2.75, 3.05) is 12.4 Å². The Bertz CT molecular complexity index is 1210. The second-order valence-electron chi connectivity index (χ2n) is 8.25. The molecule has 0 saturated carbocycles. The van der Waals surface area contributed by atoms with E-state index < -0.39 is 10.8 Å². The van der Waals surface area contributed by atoms with Crippen LogP contribution in [0.5, 0.6) is 5.75 Å². The first-order valence-electron chi connectivity index (χ1n) is 10.7. The number of aryl methyl sites for hydroxylation is 1. The molecule has 0 spiro atoms. The molecule has 8 heteroatoms. The van der Waals surface area contributed by atoms with E-state index in [0.29, 0.717) is 52.2 Å². The van der Waals surface area contributed by atoms with Gasteiger partial charge in [0.15, 0.2) is 5.78 Å². The van der Waals surface area contributed by atoms with Gasteiger partial charge in [-0.3, -0.25) is 19.7 Å². The van der Waals surface area contributed by atoms with E-state index >= 15 is 0 Å². The first-order valence-corrected chi connectivity index (χ1v) is 10.7. The molecule has 0 fully saturated rings. The number of benzene rings is 2. The molecule has 0 aromatic heterocycles. The Balaban J connectivity index is 1.80. The van der Waals surface area contributed by atoms with Gasteiger partial charge in [0.2, 0.25) is 0 Å². The maximum Gasteiger partial charge on any atom is 0.272 e. The first-order chi connectivity index (χ1) is 15.8. The number of dihydropyridines is 1. The average Bonchev–Trinajstić information content (AvgIpc) is 2.79. The van der Waals surface area contributed by atoms with Crippen molar-refractivity contribution in [3.05, 3.63) is 86.2 Å². The predicted octanol–water partition coefficient (Wildman–Crippen LogP) is 4.52. The summed E-state index contributed by atoms with van der Waals surface area (Å²) in [6.45, 7) is 3.46. The fraction of sp³-hybridized carbons (Fsp3) is 0.280. The molecule has 1 amide bonds. The third kappa shape index (κ3) is 4.24. The number of ketones is 1. The van der Waals surface area contributed by atoms with Crippen molar-refractivity contribution in [1.82, 2.24) is 5.32 Å². The Morgan fingerprint density at radius 1 is 1.15 bits per heavy atom. The van der Waals surface area contributed by atoms with Crippen molar-refractivity contribution < 1.29 is 19.2 Å². The van der Waals surface area contributed by atoms with Gasteiger partial charge < -0.3 is 15.4 Å². The van der Waals surface area contributed by atoms with Crippen LogP contribution in [0.15, 0.2) is 65.0 Å². The smallest absolute Gasteiger partial charge is 0.272 e. The van der Waals surface area contributed by atoms with Crippen LogP contribution >= 0.6 is 0 Å². The molecule has 2 aromatic rings. The van der Waals surface area contributed by atoms with Crippen molar-refractivity contribution in [2.45, 2.75) is 39.0 Å². The number of rotatable bonds is 5. The van der Waals surface area contributed by atoms with Crippen LogP contribution < -0.4 is 15.4 Å². The largest absolute Gasteiger partial charge is 0.497 e. The zero-order chi connectivity index (χ0) is 23.7. The normalized spacial score (nSPS) is 17.9. The zero-order valence-corrected chi connectivity index (χ0v) is 18.7. The highest BCUT2D eigenvalue weighted by Gasteiger charge is 2.39. The van der Waals surface area contributed by atoms with Gasteiger partial charge in [-0.1, -0.05) is 12.1 Å². The van der Waals surface area contributed by atoms with Gasteiger partial charge in [-0.05, 0) is 56.5 Å². The zero-order valence-electron chi connectivity index (χ0n) is 18.7. The number of ether oxygens (including phenoxy) is 1. The number of nitro groups is 1. The third-order valence-corrected chi connectivity index (χ3v) is 6.13. The second kappa shape index (κ2) is 8.90. The summed E-state index contributed by atoms with van der Waals surface area (Å²) in [5, 5.41) is 17.7. The number of Topliss-reactive ketones (excluding diaryl/α,β-unsaturated/α-hetero) is 1. The molecule has 1 aliphatic heterocycles. The Morgan fingerprint density at radius 3 is 2.55 bits per heavy atom. The van der Waals surface area contributed by atoms with E-state index in [1.54, 1.807) is 57.4 Å². The minimum absolute atomic E-state index is 0.0380. The summed E-state index contributed by atoms with van der Waals surface area (Å²) in [6, 6.07) is 11.8. The summed E-state index contributed by atoms with van der Waals surface area (Å²) in [6.07, 6.45) is 1.81. The maximum atomic E-state index is 13.5. The highest BCUT2D eigenvalue weighted by molar-refractivity contribution is 6.09. The molecule has 0 bridgehead atoms. The van der Waals surface area contributed by atoms with Gasteiger partial charge in [0, 0.05) is 52.2 Å². The topological polar surface area (TPSA) is 111 Å². The molecular weight excluding hydrogens is 422 g/mol. The Morgan fingerprint density at radius 2 is 1.88 bits per heavy atom. The fourth-order valence-corrected chi connectivity index (χ4v) is 4.49. The standard InChI is InChI=1S/C25H25N3O5/c1-14-7-8-16(13-20(14)28(31)32)23-22(15(2)26-19-5-4-6-21(29)24(19)23)25(30)27-17-9-11-18(33-3)12-10-17/h7-13,23,26H,4-6H2,1-3H3,(H,27,30)/t23-/m0/s1. The lowest BCUT2D eigenvalue weighted by Crippen LogP contribution is -2.35. The van der Waals surface area contributed by atoms with Crippen molar-refractivity contribution in [2.24, 2.45) is 0 Å². The molecule has 0 saturated heterocycles. The summed E-state index contributed by atoms with van der Waals surface area (Å²) in [5.74, 6) is -0.440. The number of anilines is 1. The van der Waals surface area contributed by atoms with Crippen molar-refractivity contribution >= 4 is 23.1 Å². The van der Waals surface area contributed by atoms with Gasteiger partial charge in [0.25, 0.3) is 11.6 Å². The molecule has 1 heterocycles. The molecule has 1 atom stereocenters. The van der Waals surface area contributed by atoms with E-state index in [1.807, 2.05) is 0 Å². The third-order valence-electron chi connectivity index (χ3n) is 6.13. The van der Waals surface area contributed by atoms with E-state index in [9.17, 15) is 19.7 Å². The highest BCUT2D eigenvalue weighted by atomic mass is 16.6. The van der Waals surface area contributed by atoms with Crippen LogP contribution in [-0.4, -0.2) is 23.7 Å². The van der Waals surface area contributed by atoms with Crippen molar-refractivity contribution in [3.63, 3.8) is 0 Å². The van der Waals surface area contributed by atoms with Gasteiger partial charge in [-0.2, -0.15) is 0 Å². The SMILES string of the molecule is COc1ccc(NC(=O)C2=C(C)NC3=C(C(=O)CCC3)[C@H]2c2ccc(C)c([N+](=O)[O-])c2)cc1. The number of methoxy groups -OCH3 is 1. The van der Waals surface area contributed by atoms with Crippen LogP contribution in [0.4, 0.5) is 11.4 Å². The van der Waals surface area contributed by atoms with Gasteiger partial charge in [0.1, 0.15) is 5.75 Å². The highest BCUT2D eigenvalue weighted by Crippen LogP contribution is 2.43. The predicted molar refractivity (Wildman–Crippen MR) is 124 cm³/mol. The minimum Gasteiger partial charge on any atom is -0.497 e. The summed E-state index contributed by atoms with van der Waals surface area (Å²) in [4.78, 5) is 37.6. The van der Waals surface area contributed by atoms with Gasteiger partial charge in [0.05, 0.1) is 12.0 Å². The van der Waals surface area contributed by atoms with E-state index in [2.05, 4.69) is 10.6 Å². The molecule has 4 rings (SSSR count). The van der Waals surface area contributed by atoms with Gasteiger partial charge in [-0.15, -0.1) is 0 Å². The number of hydrogen-bond donors (Lipinski definition) is 2. The number of carbonyl (C=O) groups excluding carboxylic acids is 2. The molecule has 33 heavy (non-hydrogen) atoms. The van der Waals surface area contributed by atoms with E-state index in [1.165, 1.54) is 6.07 Å². The lowest BCUT2D eigenvalue weighted by Gasteiger charge is -2.34. The second-order valence-corrected chi connectivity index (χ2v) is 8.25. The monoisotopic (exact) mass is 447 g/mol. The Labute approximate surface area is 191 Å². The molecule has 1 aliphatic carbocycles. The fourth-order valence-electron chi connectivity index (χ4n) is 4.49. The van der Waals surface area contributed by atoms with Crippen LogP contribution in [0.25, 0.3) is 0 Å². The van der Waals surface area contributed by atoms with Crippen LogP contribution in [0, 0.1) is 17.0 Å². The molecule has 2 aromatic carbocycles. The Hall–Kier alpha value is -3.94. The summed E-state index contributed by atoms with van der Waals surface area (Å²) >= 11 is 0. The number of hydrogen-bond acceptors (Lipinski definition) is 6. The van der Waals surface area contributed by atoms with E-state index in [0.717, 1.165) is 12.1 Å². The summed E-state index contributed by atoms with van der Waals surface area (Å²) in [5.41, 5.74) is 3.92. The van der Waals surface area contributed by atoms with Gasteiger partial charge >= 0.3 is 0 Å². The van der Waals surface area contributed by atoms with E-state index in [4.69, 9.17) is 4.74 Å². The quantitative estimate of drug-likeness (QED) is 0.515. The molecule has 0 radical (unpaired) electrons. The molecule has 8 nitrogen and oxygen atoms in total. The van der Waals surface area contributed by atoms with Crippen LogP contribution in [0.1, 0.15) is 43.2 Å². The molecule has 0 unspecified atom stereocenters. The Kier molecular flexibility index (Phi) is 6.00. The van der Waals surface area contributed by atoms with Crippen molar-refractivity contribution in [3.8, 4) is 5.75 Å². The maximum absolute atomic E-state index is 13.5. The number of nitrogens with zero attached hydrogens (tertiary/aromatic N) is 1. The number of carbonyl (C=O) groups is 2.